The van der Waals surface area contributed by atoms with Crippen LogP contribution in [0.3, 0.4) is 0 Å². The van der Waals surface area contributed by atoms with Gasteiger partial charge in [0.2, 0.25) is 0 Å². The second-order valence-corrected chi connectivity index (χ2v) is 6.02. The summed E-state index contributed by atoms with van der Waals surface area (Å²) in [6, 6.07) is 12.5. The Hall–Kier alpha value is -0.427. The Balaban J connectivity index is -0.000000382. The molecule has 2 nitrogen and oxygen atoms in total. The van der Waals surface area contributed by atoms with Gasteiger partial charge >= 0.3 is 26.2 Å². The van der Waals surface area contributed by atoms with E-state index in [1.807, 2.05) is 30.3 Å². The Morgan fingerprint density at radius 1 is 0.913 bits per heavy atom. The van der Waals surface area contributed by atoms with E-state index in [0.29, 0.717) is 23.7 Å². The predicted octanol–water partition coefficient (Wildman–Crippen LogP) is 5.52. The van der Waals surface area contributed by atoms with Gasteiger partial charge in [0.25, 0.3) is 0 Å². The number of hydrogen-bond acceptors (Lipinski definition) is 1. The van der Waals surface area contributed by atoms with E-state index in [1.165, 1.54) is 0 Å². The molecule has 0 saturated heterocycles. The van der Waals surface area contributed by atoms with Gasteiger partial charge in [0.1, 0.15) is 0 Å². The molecule has 0 aromatic heterocycles. The van der Waals surface area contributed by atoms with Crippen molar-refractivity contribution >= 4 is 5.90 Å². The maximum absolute atomic E-state index is 9.48. The monoisotopic (exact) mass is 394 g/mol. The molecule has 1 aromatic rings. The van der Waals surface area contributed by atoms with E-state index in [2.05, 4.69) is 38.8 Å². The van der Waals surface area contributed by atoms with Crippen LogP contribution in [-0.2, 0) is 26.2 Å². The summed E-state index contributed by atoms with van der Waals surface area (Å²) in [4.78, 5) is 3.84. The number of nitrogens with zero attached hydrogens (tertiary/aromatic N) is 1. The van der Waals surface area contributed by atoms with Gasteiger partial charge in [0.15, 0.2) is 5.90 Å². The van der Waals surface area contributed by atoms with Gasteiger partial charge in [-0.1, -0.05) is 27.7 Å². The first-order valence-corrected chi connectivity index (χ1v) is 7.54. The first kappa shape index (κ1) is 27.4. The van der Waals surface area contributed by atoms with Crippen LogP contribution in [0, 0.1) is 50.5 Å². The number of hydrogen-bond donors (Lipinski definition) is 1. The molecule has 1 N–H and O–H groups in total. The molecule has 0 amide bonds. The van der Waals surface area contributed by atoms with Crippen LogP contribution in [0.4, 0.5) is 0 Å². The molecule has 1 fully saturated rings. The van der Waals surface area contributed by atoms with Crippen LogP contribution >= 0.6 is 0 Å². The summed E-state index contributed by atoms with van der Waals surface area (Å²) < 4.78 is 0. The van der Waals surface area contributed by atoms with E-state index in [0.717, 1.165) is 18.3 Å². The van der Waals surface area contributed by atoms with Gasteiger partial charge in [0, 0.05) is 13.5 Å². The maximum Gasteiger partial charge on any atom is 3.00 e. The topological polar surface area (TPSA) is 32.6 Å². The molecule has 3 heteroatoms. The molecule has 0 bridgehead atoms. The van der Waals surface area contributed by atoms with Crippen molar-refractivity contribution in [2.75, 3.05) is 7.05 Å². The number of aliphatic hydroxyl groups is 1. The number of aliphatic imine (C=N–C) groups is 1. The largest absolute Gasteiger partial charge is 3.00 e. The third-order valence-electron chi connectivity index (χ3n) is 5.12. The maximum atomic E-state index is 9.48. The summed E-state index contributed by atoms with van der Waals surface area (Å²) in [6.07, 6.45) is 0.757. The normalized spacial score (nSPS) is 29.1. The molecule has 5 atom stereocenters. The molecule has 23 heavy (non-hydrogen) atoms. The minimum Gasteiger partial charge on any atom is -0.497 e. The zero-order valence-electron chi connectivity index (χ0n) is 15.9. The van der Waals surface area contributed by atoms with Crippen LogP contribution in [0.2, 0.25) is 0 Å². The Labute approximate surface area is 163 Å². The Morgan fingerprint density at radius 3 is 1.61 bits per heavy atom. The molecule has 129 valence electrons. The van der Waals surface area contributed by atoms with Crippen molar-refractivity contribution in [2.24, 2.45) is 34.6 Å². The van der Waals surface area contributed by atoms with E-state index in [1.54, 1.807) is 7.05 Å². The Bertz CT molecular complexity index is 367. The van der Waals surface area contributed by atoms with Gasteiger partial charge in [-0.05, 0) is 29.6 Å². The molecule has 1 radical (unpaired) electrons. The fourth-order valence-electron chi connectivity index (χ4n) is 3.23. The summed E-state index contributed by atoms with van der Waals surface area (Å²) in [6.45, 7) is 9.26. The van der Waals surface area contributed by atoms with Crippen LogP contribution < -0.4 is 0 Å². The van der Waals surface area contributed by atoms with Gasteiger partial charge in [-0.2, -0.15) is 36.4 Å². The average Bonchev–Trinajstić information content (AvgIpc) is 2.67. The zero-order chi connectivity index (χ0) is 15.1. The molecule has 2 rings (SSSR count). The molecule has 1 aliphatic carbocycles. The van der Waals surface area contributed by atoms with Crippen molar-refractivity contribution in [1.29, 1.82) is 0 Å². The zero-order valence-corrected chi connectivity index (χ0v) is 18.3. The Kier molecular flexibility index (Phi) is 16.6. The molecule has 4 unspecified atom stereocenters. The molecular weight excluding hydrogens is 361 g/mol. The summed E-state index contributed by atoms with van der Waals surface area (Å²) in [5, 5.41) is 9.48. The molecular formula is C20H34NOZr. The minimum atomic E-state index is 0. The summed E-state index contributed by atoms with van der Waals surface area (Å²) in [7, 11) is 1.66. The molecule has 1 aliphatic rings. The van der Waals surface area contributed by atoms with E-state index >= 15 is 0 Å². The average molecular weight is 396 g/mol. The van der Waals surface area contributed by atoms with Crippen LogP contribution in [-0.4, -0.2) is 18.1 Å². The van der Waals surface area contributed by atoms with Gasteiger partial charge in [-0.25, -0.2) is 0 Å². The van der Waals surface area contributed by atoms with E-state index in [-0.39, 0.29) is 41.1 Å². The van der Waals surface area contributed by atoms with Crippen molar-refractivity contribution in [3.05, 3.63) is 51.3 Å². The third kappa shape index (κ3) is 8.29. The van der Waals surface area contributed by atoms with E-state index in [9.17, 15) is 5.11 Å². The van der Waals surface area contributed by atoms with Gasteiger partial charge in [-0.3, -0.25) is 4.99 Å². The van der Waals surface area contributed by atoms with Crippen LogP contribution in [0.25, 0.3) is 0 Å². The molecule has 0 spiro atoms. The molecule has 0 heterocycles. The summed E-state index contributed by atoms with van der Waals surface area (Å²) in [5.74, 6) is 3.84. The van der Waals surface area contributed by atoms with Crippen LogP contribution in [0.15, 0.2) is 35.3 Å². The first-order chi connectivity index (χ1) is 9.49. The van der Waals surface area contributed by atoms with Crippen LogP contribution in [0.1, 0.15) is 34.1 Å². The quantitative estimate of drug-likeness (QED) is 0.399. The van der Waals surface area contributed by atoms with Crippen molar-refractivity contribution in [3.63, 3.8) is 0 Å². The predicted molar refractivity (Wildman–Crippen MR) is 98.9 cm³/mol. The number of rotatable bonds is 2. The minimum absolute atomic E-state index is 0. The standard InChI is InChI=1S/C12H23NO.C6H5.2CH3.Zr/c1-7-8(2)10(4)11(9(7)3)6-12(14)13-5;1-2-4-6-5-3-1;;;/h7-11H,6H2,1-5H3,(H,13,14);1-5H;2*1H3;/q;3*-1;+3/t7?,8?,9-,10?,11?;;;;/m0..../s1. The summed E-state index contributed by atoms with van der Waals surface area (Å²) >= 11 is 0. The van der Waals surface area contributed by atoms with Gasteiger partial charge in [0.05, 0.1) is 0 Å². The Morgan fingerprint density at radius 2 is 1.35 bits per heavy atom. The van der Waals surface area contributed by atoms with Crippen molar-refractivity contribution in [1.82, 2.24) is 0 Å². The first-order valence-electron chi connectivity index (χ1n) is 7.54. The smallest absolute Gasteiger partial charge is 0.497 e. The molecule has 0 aliphatic heterocycles. The second kappa shape index (κ2) is 14.0. The SMILES string of the molecule is CN=C(O)CC1C(C)C(C)C(C)[C@@H]1C.[CH3-].[CH3-].[Zr+3].[c-]1ccccc1. The van der Waals surface area contributed by atoms with E-state index < -0.39 is 0 Å². The third-order valence-corrected chi connectivity index (χ3v) is 5.12. The van der Waals surface area contributed by atoms with Gasteiger partial charge in [-0.15, -0.1) is 0 Å². The van der Waals surface area contributed by atoms with E-state index in [4.69, 9.17) is 0 Å². The fourth-order valence-corrected chi connectivity index (χ4v) is 3.23. The van der Waals surface area contributed by atoms with Gasteiger partial charge < -0.3 is 20.0 Å². The molecule has 1 aromatic carbocycles. The summed E-state index contributed by atoms with van der Waals surface area (Å²) in [5.41, 5.74) is 0. The van der Waals surface area contributed by atoms with Crippen molar-refractivity contribution in [3.8, 4) is 0 Å². The van der Waals surface area contributed by atoms with Crippen molar-refractivity contribution in [2.45, 2.75) is 34.1 Å². The second-order valence-electron chi connectivity index (χ2n) is 6.02. The number of benzene rings is 1. The van der Waals surface area contributed by atoms with Crippen LogP contribution in [0.5, 0.6) is 0 Å². The van der Waals surface area contributed by atoms with Crippen molar-refractivity contribution < 1.29 is 31.3 Å². The molecule has 1 saturated carbocycles. The number of aliphatic hydroxyl groups excluding tert-OH is 1. The fraction of sp³-hybridized carbons (Fsp3) is 0.550.